The molecule has 0 radical (unpaired) electrons. The van der Waals surface area contributed by atoms with Gasteiger partial charge in [0.15, 0.2) is 0 Å². The molecule has 0 saturated heterocycles. The Hall–Kier alpha value is -1.71. The monoisotopic (exact) mass is 305 g/mol. The number of benzene rings is 2. The third-order valence-corrected chi connectivity index (χ3v) is 3.96. The molecule has 0 saturated carbocycles. The number of nitrogen functional groups attached to an aromatic ring is 1. The molecule has 0 spiro atoms. The lowest BCUT2D eigenvalue weighted by Gasteiger charge is -2.16. The molecule has 3 aromatic rings. The summed E-state index contributed by atoms with van der Waals surface area (Å²) >= 11 is 12.2. The van der Waals surface area contributed by atoms with E-state index in [1.807, 2.05) is 47.0 Å². The summed E-state index contributed by atoms with van der Waals surface area (Å²) in [6, 6.07) is 13.4. The Morgan fingerprint density at radius 2 is 1.90 bits per heavy atom. The number of hydrogen-bond acceptors (Lipinski definition) is 2. The number of nitrogens with two attached hydrogens (primary N) is 1. The Morgan fingerprint density at radius 3 is 2.65 bits per heavy atom. The zero-order chi connectivity index (χ0) is 14.3. The fraction of sp³-hybridized carbons (Fsp3) is 0.133. The highest BCUT2D eigenvalue weighted by Gasteiger charge is 2.17. The minimum Gasteiger partial charge on any atom is -0.369 e. The molecule has 0 aliphatic carbocycles. The molecule has 1 aromatic heterocycles. The summed E-state index contributed by atoms with van der Waals surface area (Å²) in [5.74, 6) is 0.445. The van der Waals surface area contributed by atoms with Crippen molar-refractivity contribution in [3.05, 3.63) is 58.1 Å². The first-order valence-corrected chi connectivity index (χ1v) is 7.01. The summed E-state index contributed by atoms with van der Waals surface area (Å²) in [6.07, 6.45) is 0. The summed E-state index contributed by atoms with van der Waals surface area (Å²) in [7, 11) is 0. The smallest absolute Gasteiger partial charge is 0.201 e. The van der Waals surface area contributed by atoms with Crippen LogP contribution in [0.3, 0.4) is 0 Å². The van der Waals surface area contributed by atoms with Gasteiger partial charge < -0.3 is 10.3 Å². The first-order valence-electron chi connectivity index (χ1n) is 6.25. The van der Waals surface area contributed by atoms with Crippen molar-refractivity contribution in [1.82, 2.24) is 9.55 Å². The van der Waals surface area contributed by atoms with E-state index >= 15 is 0 Å². The third-order valence-electron chi connectivity index (χ3n) is 3.42. The minimum atomic E-state index is 0.0252. The molecule has 20 heavy (non-hydrogen) atoms. The first kappa shape index (κ1) is 13.3. The molecule has 0 amide bonds. The largest absolute Gasteiger partial charge is 0.369 e. The van der Waals surface area contributed by atoms with Crippen LogP contribution in [0, 0.1) is 0 Å². The molecule has 3 nitrogen and oxygen atoms in total. The topological polar surface area (TPSA) is 43.8 Å². The lowest BCUT2D eigenvalue weighted by atomic mass is 10.1. The van der Waals surface area contributed by atoms with Crippen LogP contribution in [0.4, 0.5) is 5.95 Å². The van der Waals surface area contributed by atoms with Crippen LogP contribution in [0.1, 0.15) is 18.5 Å². The normalized spacial score (nSPS) is 12.8. The molecule has 1 heterocycles. The fourth-order valence-electron chi connectivity index (χ4n) is 2.42. The second-order valence-corrected chi connectivity index (χ2v) is 5.52. The van der Waals surface area contributed by atoms with Crippen molar-refractivity contribution in [3.63, 3.8) is 0 Å². The van der Waals surface area contributed by atoms with Crippen molar-refractivity contribution < 1.29 is 0 Å². The van der Waals surface area contributed by atoms with Crippen LogP contribution < -0.4 is 5.73 Å². The molecule has 0 fully saturated rings. The summed E-state index contributed by atoms with van der Waals surface area (Å²) in [5.41, 5.74) is 8.77. The van der Waals surface area contributed by atoms with E-state index in [1.54, 1.807) is 0 Å². The summed E-state index contributed by atoms with van der Waals surface area (Å²) in [6.45, 7) is 2.06. The summed E-state index contributed by atoms with van der Waals surface area (Å²) in [5, 5.41) is 1.31. The summed E-state index contributed by atoms with van der Waals surface area (Å²) in [4.78, 5) is 4.36. The third kappa shape index (κ3) is 2.13. The van der Waals surface area contributed by atoms with E-state index in [1.165, 1.54) is 0 Å². The van der Waals surface area contributed by atoms with Crippen LogP contribution in [0.5, 0.6) is 0 Å². The molecule has 5 heteroatoms. The maximum atomic E-state index is 6.17. The number of aromatic nitrogens is 2. The van der Waals surface area contributed by atoms with E-state index < -0.39 is 0 Å². The number of nitrogens with zero attached hydrogens (tertiary/aromatic N) is 2. The summed E-state index contributed by atoms with van der Waals surface area (Å²) < 4.78 is 1.97. The van der Waals surface area contributed by atoms with Gasteiger partial charge in [-0.05, 0) is 36.8 Å². The Kier molecular flexibility index (Phi) is 3.32. The molecule has 0 bridgehead atoms. The zero-order valence-electron chi connectivity index (χ0n) is 10.8. The van der Waals surface area contributed by atoms with Crippen molar-refractivity contribution in [2.75, 3.05) is 5.73 Å². The predicted octanol–water partition coefficient (Wildman–Crippen LogP) is 4.53. The number of para-hydroxylation sites is 1. The number of halogens is 2. The second kappa shape index (κ2) is 5.00. The van der Waals surface area contributed by atoms with Crippen LogP contribution in [0.15, 0.2) is 42.5 Å². The van der Waals surface area contributed by atoms with Gasteiger partial charge in [0, 0.05) is 5.02 Å². The van der Waals surface area contributed by atoms with Gasteiger partial charge >= 0.3 is 0 Å². The van der Waals surface area contributed by atoms with Crippen molar-refractivity contribution in [1.29, 1.82) is 0 Å². The highest BCUT2D eigenvalue weighted by atomic mass is 35.5. The minimum absolute atomic E-state index is 0.0252. The van der Waals surface area contributed by atoms with E-state index in [9.17, 15) is 0 Å². The Balaban J connectivity index is 2.19. The number of rotatable bonds is 2. The quantitative estimate of drug-likeness (QED) is 0.755. The molecule has 0 aliphatic heterocycles. The van der Waals surface area contributed by atoms with E-state index in [4.69, 9.17) is 28.9 Å². The zero-order valence-corrected chi connectivity index (χ0v) is 12.4. The Morgan fingerprint density at radius 1 is 1.15 bits per heavy atom. The number of imidazole rings is 1. The number of anilines is 1. The average Bonchev–Trinajstić information content (AvgIpc) is 2.76. The van der Waals surface area contributed by atoms with Gasteiger partial charge in [0.1, 0.15) is 5.52 Å². The molecule has 0 aliphatic rings. The molecule has 1 unspecified atom stereocenters. The van der Waals surface area contributed by atoms with Crippen LogP contribution in [-0.4, -0.2) is 9.55 Å². The second-order valence-electron chi connectivity index (χ2n) is 4.68. The van der Waals surface area contributed by atoms with E-state index in [-0.39, 0.29) is 6.04 Å². The lowest BCUT2D eigenvalue weighted by Crippen LogP contribution is -2.10. The molecule has 1 atom stereocenters. The molecular formula is C15H13Cl2N3. The van der Waals surface area contributed by atoms with Crippen LogP contribution in [0.25, 0.3) is 11.0 Å². The van der Waals surface area contributed by atoms with Gasteiger partial charge in [-0.25, -0.2) is 4.98 Å². The van der Waals surface area contributed by atoms with Gasteiger partial charge in [-0.2, -0.15) is 0 Å². The molecular weight excluding hydrogens is 293 g/mol. The average molecular weight is 306 g/mol. The van der Waals surface area contributed by atoms with E-state index in [0.29, 0.717) is 16.0 Å². The highest BCUT2D eigenvalue weighted by Crippen LogP contribution is 2.31. The van der Waals surface area contributed by atoms with Gasteiger partial charge in [-0.3, -0.25) is 0 Å². The van der Waals surface area contributed by atoms with Crippen molar-refractivity contribution >= 4 is 40.2 Å². The van der Waals surface area contributed by atoms with Crippen LogP contribution in [0.2, 0.25) is 10.0 Å². The SMILES string of the molecule is CC(c1cccc(Cl)c1)n1c(N)nc2c(Cl)cccc21. The van der Waals surface area contributed by atoms with E-state index in [0.717, 1.165) is 16.6 Å². The van der Waals surface area contributed by atoms with Gasteiger partial charge in [0.2, 0.25) is 5.95 Å². The molecule has 3 rings (SSSR count). The maximum Gasteiger partial charge on any atom is 0.201 e. The van der Waals surface area contributed by atoms with Gasteiger partial charge in [-0.1, -0.05) is 41.4 Å². The molecule has 2 aromatic carbocycles. The van der Waals surface area contributed by atoms with Crippen molar-refractivity contribution in [2.24, 2.45) is 0 Å². The van der Waals surface area contributed by atoms with Crippen LogP contribution >= 0.6 is 23.2 Å². The molecule has 2 N–H and O–H groups in total. The maximum absolute atomic E-state index is 6.17. The Labute approximate surface area is 126 Å². The first-order chi connectivity index (χ1) is 9.58. The highest BCUT2D eigenvalue weighted by molar-refractivity contribution is 6.35. The van der Waals surface area contributed by atoms with Gasteiger partial charge in [0.25, 0.3) is 0 Å². The molecule has 102 valence electrons. The number of fused-ring (bicyclic) bond motifs is 1. The van der Waals surface area contributed by atoms with Gasteiger partial charge in [0.05, 0.1) is 16.6 Å². The number of hydrogen-bond donors (Lipinski definition) is 1. The Bertz CT molecular complexity index is 780. The fourth-order valence-corrected chi connectivity index (χ4v) is 2.83. The van der Waals surface area contributed by atoms with Gasteiger partial charge in [-0.15, -0.1) is 0 Å². The van der Waals surface area contributed by atoms with Crippen LogP contribution in [-0.2, 0) is 0 Å². The predicted molar refractivity (Wildman–Crippen MR) is 84.4 cm³/mol. The standard InChI is InChI=1S/C15H13Cl2N3/c1-9(10-4-2-5-11(16)8-10)20-13-7-3-6-12(17)14(13)19-15(20)18/h2-9H,1H3,(H2,18,19). The lowest BCUT2D eigenvalue weighted by molar-refractivity contribution is 0.668. The van der Waals surface area contributed by atoms with Crippen molar-refractivity contribution in [3.8, 4) is 0 Å². The van der Waals surface area contributed by atoms with Crippen molar-refractivity contribution in [2.45, 2.75) is 13.0 Å². The van der Waals surface area contributed by atoms with E-state index in [2.05, 4.69) is 11.9 Å².